The highest BCUT2D eigenvalue weighted by Gasteiger charge is 2.46. The summed E-state index contributed by atoms with van der Waals surface area (Å²) >= 11 is 0. The number of hydrogen-bond acceptors (Lipinski definition) is 2. The van der Waals surface area contributed by atoms with E-state index in [1.807, 2.05) is 0 Å². The number of hydrogen-bond donors (Lipinski definition) is 0. The molecule has 0 bridgehead atoms. The van der Waals surface area contributed by atoms with Gasteiger partial charge < -0.3 is 14.4 Å². The minimum Gasteiger partial charge on any atom is -0.310 e. The van der Waals surface area contributed by atoms with E-state index >= 15 is 0 Å². The highest BCUT2D eigenvalue weighted by molar-refractivity contribution is 7.00. The van der Waals surface area contributed by atoms with Crippen molar-refractivity contribution in [3.05, 3.63) is 363 Å². The predicted molar refractivity (Wildman–Crippen MR) is 427 cm³/mol. The fraction of sp³-hybridized carbons (Fsp3) is 0.0417. The molecule has 1 aromatic heterocycles. The summed E-state index contributed by atoms with van der Waals surface area (Å²) in [6.07, 6.45) is 0. The molecule has 0 unspecified atom stereocenters. The van der Waals surface area contributed by atoms with Crippen LogP contribution in [0.15, 0.2) is 358 Å². The zero-order valence-corrected chi connectivity index (χ0v) is 56.0. The van der Waals surface area contributed by atoms with Gasteiger partial charge in [0, 0.05) is 61.5 Å². The van der Waals surface area contributed by atoms with E-state index in [2.05, 4.69) is 393 Å². The standard InChI is InChI=1S/C96H68BN3/c1-96(2,3)71-60-89-93-90(61-71)100(95-75(65-34-14-6-15-35-65)48-29-49-76(95)66-36-16-7-17-37-66)88-62-72(98-85-50-26-24-42-77(85)78-43-25-27-51-86(78)98)54-57-84(88)97(93)83-56-53-70(59-87(83)99(89)94-73(63-30-10-4-11-31-63)46-28-47-74(94)64-32-12-5-13-33-64)69-52-55-81-82(58-69)92(68-40-20-9-21-41-68)80-45-23-22-44-79(80)91(81)67-38-18-8-19-39-67/h4-62H,1-3H3. The number of fused-ring (bicyclic) bond motifs is 9. The largest absolute Gasteiger partial charge is 0.310 e. The van der Waals surface area contributed by atoms with Crippen molar-refractivity contribution in [1.82, 2.24) is 4.57 Å². The van der Waals surface area contributed by atoms with Crippen molar-refractivity contribution in [2.45, 2.75) is 26.2 Å². The van der Waals surface area contributed by atoms with Crippen molar-refractivity contribution in [3.63, 3.8) is 0 Å². The summed E-state index contributed by atoms with van der Waals surface area (Å²) in [6.45, 7) is 6.94. The molecule has 4 heteroatoms. The van der Waals surface area contributed by atoms with Crippen LogP contribution in [0.5, 0.6) is 0 Å². The Labute approximate surface area is 584 Å². The molecule has 100 heavy (non-hydrogen) atoms. The molecule has 2 aliphatic rings. The fourth-order valence-electron chi connectivity index (χ4n) is 16.6. The van der Waals surface area contributed by atoms with E-state index in [0.717, 1.165) is 95.4 Å². The number of benzene rings is 16. The number of nitrogens with zero attached hydrogens (tertiary/aromatic N) is 3. The van der Waals surface area contributed by atoms with Crippen LogP contribution in [0.3, 0.4) is 0 Å². The third kappa shape index (κ3) is 9.50. The predicted octanol–water partition coefficient (Wildman–Crippen LogP) is 24.1. The summed E-state index contributed by atoms with van der Waals surface area (Å²) in [6, 6.07) is 134. The molecule has 0 N–H and O–H groups in total. The van der Waals surface area contributed by atoms with Gasteiger partial charge in [0.2, 0.25) is 0 Å². The molecule has 0 aliphatic carbocycles. The van der Waals surface area contributed by atoms with Gasteiger partial charge in [0.15, 0.2) is 0 Å². The van der Waals surface area contributed by atoms with Crippen molar-refractivity contribution in [2.24, 2.45) is 0 Å². The zero-order chi connectivity index (χ0) is 66.6. The lowest BCUT2D eigenvalue weighted by Gasteiger charge is -2.46. The second-order valence-electron chi connectivity index (χ2n) is 27.8. The molecule has 19 rings (SSSR count). The van der Waals surface area contributed by atoms with E-state index in [1.54, 1.807) is 0 Å². The molecule has 2 aliphatic heterocycles. The van der Waals surface area contributed by atoms with Crippen molar-refractivity contribution < 1.29 is 0 Å². The van der Waals surface area contributed by atoms with E-state index in [1.165, 1.54) is 87.6 Å². The molecule has 0 saturated carbocycles. The van der Waals surface area contributed by atoms with Crippen molar-refractivity contribution in [2.75, 3.05) is 9.80 Å². The molecule has 3 heterocycles. The van der Waals surface area contributed by atoms with Crippen LogP contribution in [-0.2, 0) is 5.41 Å². The van der Waals surface area contributed by atoms with Crippen LogP contribution in [0.4, 0.5) is 34.1 Å². The third-order valence-electron chi connectivity index (χ3n) is 21.1. The maximum absolute atomic E-state index is 2.70. The molecule has 0 radical (unpaired) electrons. The molecule has 0 amide bonds. The number of para-hydroxylation sites is 4. The van der Waals surface area contributed by atoms with Gasteiger partial charge in [-0.1, -0.05) is 330 Å². The lowest BCUT2D eigenvalue weighted by atomic mass is 9.33. The van der Waals surface area contributed by atoms with E-state index in [9.17, 15) is 0 Å². The summed E-state index contributed by atoms with van der Waals surface area (Å²) < 4.78 is 2.49. The second kappa shape index (κ2) is 23.7. The Morgan fingerprint density at radius 3 is 1.04 bits per heavy atom. The van der Waals surface area contributed by atoms with Crippen molar-refractivity contribution >= 4 is 101 Å². The molecule has 0 atom stereocenters. The van der Waals surface area contributed by atoms with E-state index < -0.39 is 0 Å². The van der Waals surface area contributed by atoms with Crippen LogP contribution >= 0.6 is 0 Å². The molecule has 0 saturated heterocycles. The topological polar surface area (TPSA) is 11.4 Å². The van der Waals surface area contributed by atoms with Crippen LogP contribution in [0.2, 0.25) is 0 Å². The first-order valence-corrected chi connectivity index (χ1v) is 34.9. The Balaban J connectivity index is 0.955. The first-order valence-electron chi connectivity index (χ1n) is 34.9. The lowest BCUT2D eigenvalue weighted by Crippen LogP contribution is -2.61. The smallest absolute Gasteiger partial charge is 0.252 e. The van der Waals surface area contributed by atoms with E-state index in [-0.39, 0.29) is 12.1 Å². The third-order valence-corrected chi connectivity index (χ3v) is 21.1. The maximum Gasteiger partial charge on any atom is 0.252 e. The van der Waals surface area contributed by atoms with Crippen LogP contribution in [0.1, 0.15) is 26.3 Å². The quantitative estimate of drug-likeness (QED) is 0.0999. The van der Waals surface area contributed by atoms with Crippen molar-refractivity contribution in [1.29, 1.82) is 0 Å². The Morgan fingerprint density at radius 2 is 0.600 bits per heavy atom. The number of aromatic nitrogens is 1. The summed E-state index contributed by atoms with van der Waals surface area (Å²) in [4.78, 5) is 5.38. The van der Waals surface area contributed by atoms with Gasteiger partial charge >= 0.3 is 0 Å². The number of rotatable bonds is 10. The minimum atomic E-state index is -0.307. The molecule has 16 aromatic carbocycles. The SMILES string of the molecule is CC(C)(C)c1cc2c3c(c1)N(c1c(-c4ccccc4)cccc1-c1ccccc1)c1cc(-n4c5ccccc5c5ccccc54)ccc1B3c1ccc(-c3ccc4c(-c5ccccc5)c5ccccc5c(-c5ccccc5)c4c3)cc1N2c1c(-c2ccccc2)cccc1-c1ccccc1. The normalized spacial score (nSPS) is 12.5. The second-order valence-corrected chi connectivity index (χ2v) is 27.8. The van der Waals surface area contributed by atoms with Crippen LogP contribution in [-0.4, -0.2) is 11.3 Å². The average Bonchev–Trinajstić information content (AvgIpc) is 0.788. The first kappa shape index (κ1) is 58.8. The summed E-state index contributed by atoms with van der Waals surface area (Å²) in [7, 11) is 0. The lowest BCUT2D eigenvalue weighted by molar-refractivity contribution is 0.590. The molecule has 17 aromatic rings. The highest BCUT2D eigenvalue weighted by Crippen LogP contribution is 2.55. The molecular formula is C96H68BN3. The number of anilines is 6. The van der Waals surface area contributed by atoms with Gasteiger partial charge in [-0.05, 0) is 153 Å². The molecule has 470 valence electrons. The molecular weight excluding hydrogens is 1210 g/mol. The summed E-state index contributed by atoms with van der Waals surface area (Å²) in [5.41, 5.74) is 31.3. The van der Waals surface area contributed by atoms with Crippen LogP contribution in [0, 0.1) is 0 Å². The molecule has 0 fully saturated rings. The molecule has 0 spiro atoms. The Morgan fingerprint density at radius 1 is 0.250 bits per heavy atom. The first-order chi connectivity index (χ1) is 49.3. The Bertz CT molecular complexity index is 5890. The average molecular weight is 1270 g/mol. The summed E-state index contributed by atoms with van der Waals surface area (Å²) in [5, 5.41) is 7.37. The van der Waals surface area contributed by atoms with Crippen molar-refractivity contribution in [3.8, 4) is 83.6 Å². The van der Waals surface area contributed by atoms with Gasteiger partial charge in [0.25, 0.3) is 6.71 Å². The van der Waals surface area contributed by atoms with E-state index in [0.29, 0.717) is 0 Å². The Kier molecular flexibility index (Phi) is 13.9. The van der Waals surface area contributed by atoms with E-state index in [4.69, 9.17) is 0 Å². The van der Waals surface area contributed by atoms with Gasteiger partial charge in [0.05, 0.1) is 22.4 Å². The van der Waals surface area contributed by atoms with Crippen LogP contribution < -0.4 is 26.2 Å². The fourth-order valence-corrected chi connectivity index (χ4v) is 16.6. The van der Waals surface area contributed by atoms with Gasteiger partial charge in [-0.15, -0.1) is 0 Å². The minimum absolute atomic E-state index is 0.216. The summed E-state index contributed by atoms with van der Waals surface area (Å²) in [5.74, 6) is 0. The monoisotopic (exact) mass is 1270 g/mol. The van der Waals surface area contributed by atoms with Gasteiger partial charge in [-0.25, -0.2) is 0 Å². The highest BCUT2D eigenvalue weighted by atomic mass is 15.2. The Hall–Kier alpha value is -12.5. The van der Waals surface area contributed by atoms with Gasteiger partial charge in [-0.3, -0.25) is 0 Å². The maximum atomic E-state index is 2.70. The molecule has 3 nitrogen and oxygen atoms in total. The zero-order valence-electron chi connectivity index (χ0n) is 56.0. The van der Waals surface area contributed by atoms with Gasteiger partial charge in [0.1, 0.15) is 0 Å². The van der Waals surface area contributed by atoms with Crippen LogP contribution in [0.25, 0.3) is 127 Å². The van der Waals surface area contributed by atoms with Gasteiger partial charge in [-0.2, -0.15) is 0 Å².